The van der Waals surface area contributed by atoms with Crippen LogP contribution < -0.4 is 15.0 Å². The number of hydrogen-bond acceptors (Lipinski definition) is 9. The molecule has 4 atom stereocenters. The molecule has 4 rings (SSSR count). The second-order valence-electron chi connectivity index (χ2n) is 8.10. The molecule has 1 saturated heterocycles. The van der Waals surface area contributed by atoms with Crippen molar-refractivity contribution in [3.63, 3.8) is 0 Å². The third-order valence-electron chi connectivity index (χ3n) is 5.72. The van der Waals surface area contributed by atoms with Crippen molar-refractivity contribution in [2.75, 3.05) is 32.7 Å². The van der Waals surface area contributed by atoms with E-state index in [0.717, 1.165) is 11.3 Å². The number of aryl methyl sites for hydroxylation is 1. The van der Waals surface area contributed by atoms with Crippen LogP contribution in [0.5, 0.6) is 5.75 Å². The maximum Gasteiger partial charge on any atom is 0.220 e. The number of amides is 1. The number of nitrogens with one attached hydrogen (secondary N) is 1. The summed E-state index contributed by atoms with van der Waals surface area (Å²) in [6.45, 7) is -0.360. The third kappa shape index (κ3) is 4.61. The minimum Gasteiger partial charge on any atom is -0.497 e. The highest BCUT2D eigenvalue weighted by molar-refractivity contribution is 5.83. The van der Waals surface area contributed by atoms with Gasteiger partial charge in [-0.25, -0.2) is 15.0 Å². The fraction of sp³-hybridized carbons (Fsp3) is 0.455. The van der Waals surface area contributed by atoms with Gasteiger partial charge in [0, 0.05) is 20.5 Å². The Kier molecular flexibility index (Phi) is 6.72. The van der Waals surface area contributed by atoms with Gasteiger partial charge in [-0.15, -0.1) is 0 Å². The summed E-state index contributed by atoms with van der Waals surface area (Å²) < 4.78 is 12.6. The molecule has 1 fully saturated rings. The van der Waals surface area contributed by atoms with Crippen LogP contribution in [0.3, 0.4) is 0 Å². The van der Waals surface area contributed by atoms with Gasteiger partial charge in [-0.05, 0) is 24.1 Å². The van der Waals surface area contributed by atoms with E-state index in [2.05, 4.69) is 20.3 Å². The van der Waals surface area contributed by atoms with Crippen molar-refractivity contribution in [2.24, 2.45) is 0 Å². The molecule has 0 radical (unpaired) electrons. The van der Waals surface area contributed by atoms with E-state index in [4.69, 9.17) is 9.47 Å². The predicted octanol–water partition coefficient (Wildman–Crippen LogP) is 0.269. The number of rotatable bonds is 8. The normalized spacial score (nSPS) is 22.5. The van der Waals surface area contributed by atoms with Crippen molar-refractivity contribution in [3.8, 4) is 5.75 Å². The number of aromatic nitrogens is 4. The van der Waals surface area contributed by atoms with Gasteiger partial charge in [0.15, 0.2) is 23.2 Å². The molecule has 0 unspecified atom stereocenters. The molecule has 3 N–H and O–H groups in total. The van der Waals surface area contributed by atoms with Crippen LogP contribution in [-0.2, 0) is 16.0 Å². The number of benzene rings is 1. The molecule has 33 heavy (non-hydrogen) atoms. The first-order chi connectivity index (χ1) is 15.9. The number of aliphatic hydroxyl groups is 2. The standard InChI is InChI=1S/C22H28N6O5/c1-27(2)20-18-21(24-11-23-20)28(12-25-18)22-19(31)17(15(10-29)33-22)26-16(30)9-6-13-4-7-14(32-3)8-5-13/h4-5,7-8,11-12,15,17,19,22,29,31H,6,9-10H2,1-3H3,(H,26,30)/t15-,17-,19-,22-/m1/s1. The fourth-order valence-corrected chi connectivity index (χ4v) is 3.97. The highest BCUT2D eigenvalue weighted by atomic mass is 16.5. The van der Waals surface area contributed by atoms with Crippen LogP contribution in [-0.4, -0.2) is 81.7 Å². The maximum absolute atomic E-state index is 12.6. The summed E-state index contributed by atoms with van der Waals surface area (Å²) in [5, 5.41) is 23.6. The Bertz CT molecular complexity index is 1100. The number of carbonyl (C=O) groups excluding carboxylic acids is 1. The van der Waals surface area contributed by atoms with Crippen LogP contribution in [0.4, 0.5) is 5.82 Å². The Balaban J connectivity index is 1.46. The van der Waals surface area contributed by atoms with Crippen molar-refractivity contribution in [1.29, 1.82) is 0 Å². The maximum atomic E-state index is 12.6. The predicted molar refractivity (Wildman–Crippen MR) is 120 cm³/mol. The molecule has 1 amide bonds. The quantitative estimate of drug-likeness (QED) is 0.436. The summed E-state index contributed by atoms with van der Waals surface area (Å²) in [6.07, 6.45) is 0.935. The molecule has 0 spiro atoms. The number of aliphatic hydroxyl groups excluding tert-OH is 2. The Labute approximate surface area is 191 Å². The van der Waals surface area contributed by atoms with Gasteiger partial charge in [-0.1, -0.05) is 12.1 Å². The molecule has 1 aromatic carbocycles. The van der Waals surface area contributed by atoms with Crippen molar-refractivity contribution >= 4 is 22.9 Å². The van der Waals surface area contributed by atoms with Crippen LogP contribution in [0.25, 0.3) is 11.2 Å². The Morgan fingerprint density at radius 1 is 1.24 bits per heavy atom. The highest BCUT2D eigenvalue weighted by Crippen LogP contribution is 2.32. The van der Waals surface area contributed by atoms with E-state index in [0.29, 0.717) is 23.4 Å². The SMILES string of the molecule is COc1ccc(CCC(=O)N[C@H]2[C@@H](O)[C@H](n3cnc4c(N(C)C)ncnc43)O[C@@H]2CO)cc1. The van der Waals surface area contributed by atoms with Gasteiger partial charge < -0.3 is 29.9 Å². The zero-order valence-corrected chi connectivity index (χ0v) is 18.8. The summed E-state index contributed by atoms with van der Waals surface area (Å²) in [4.78, 5) is 27.3. The number of anilines is 1. The Morgan fingerprint density at radius 3 is 2.67 bits per heavy atom. The lowest BCUT2D eigenvalue weighted by Crippen LogP contribution is -2.48. The lowest BCUT2D eigenvalue weighted by Gasteiger charge is -2.21. The summed E-state index contributed by atoms with van der Waals surface area (Å²) in [5.41, 5.74) is 2.04. The van der Waals surface area contributed by atoms with E-state index in [1.807, 2.05) is 43.3 Å². The number of methoxy groups -OCH3 is 1. The molecule has 1 aliphatic rings. The lowest BCUT2D eigenvalue weighted by molar-refractivity contribution is -0.122. The van der Waals surface area contributed by atoms with Crippen molar-refractivity contribution in [2.45, 2.75) is 37.3 Å². The van der Waals surface area contributed by atoms with Crippen molar-refractivity contribution in [3.05, 3.63) is 42.5 Å². The van der Waals surface area contributed by atoms with Crippen molar-refractivity contribution in [1.82, 2.24) is 24.8 Å². The molecular formula is C22H28N6O5. The van der Waals surface area contributed by atoms with Gasteiger partial charge >= 0.3 is 0 Å². The molecule has 11 nitrogen and oxygen atoms in total. The van der Waals surface area contributed by atoms with Gasteiger partial charge in [0.2, 0.25) is 5.91 Å². The number of imidazole rings is 1. The second-order valence-corrected chi connectivity index (χ2v) is 8.10. The first kappa shape index (κ1) is 22.9. The van der Waals surface area contributed by atoms with Gasteiger partial charge in [0.05, 0.1) is 26.1 Å². The first-order valence-corrected chi connectivity index (χ1v) is 10.6. The fourth-order valence-electron chi connectivity index (χ4n) is 3.97. The zero-order chi connectivity index (χ0) is 23.5. The molecule has 11 heteroatoms. The lowest BCUT2D eigenvalue weighted by atomic mass is 10.1. The van der Waals surface area contributed by atoms with Crippen LogP contribution in [0.2, 0.25) is 0 Å². The minimum atomic E-state index is -1.11. The van der Waals surface area contributed by atoms with Crippen LogP contribution >= 0.6 is 0 Å². The average molecular weight is 457 g/mol. The van der Waals surface area contributed by atoms with Crippen LogP contribution in [0.1, 0.15) is 18.2 Å². The van der Waals surface area contributed by atoms with E-state index < -0.39 is 24.5 Å². The largest absolute Gasteiger partial charge is 0.497 e. The molecule has 176 valence electrons. The van der Waals surface area contributed by atoms with E-state index in [1.54, 1.807) is 11.7 Å². The monoisotopic (exact) mass is 456 g/mol. The van der Waals surface area contributed by atoms with E-state index >= 15 is 0 Å². The minimum absolute atomic E-state index is 0.228. The molecular weight excluding hydrogens is 428 g/mol. The number of nitrogens with zero attached hydrogens (tertiary/aromatic N) is 5. The third-order valence-corrected chi connectivity index (χ3v) is 5.72. The topological polar surface area (TPSA) is 135 Å². The van der Waals surface area contributed by atoms with E-state index in [-0.39, 0.29) is 18.9 Å². The summed E-state index contributed by atoms with van der Waals surface area (Å²) in [5.74, 6) is 1.14. The van der Waals surface area contributed by atoms with E-state index in [1.165, 1.54) is 12.7 Å². The van der Waals surface area contributed by atoms with Gasteiger partial charge in [0.1, 0.15) is 24.3 Å². The number of carbonyl (C=O) groups is 1. The summed E-state index contributed by atoms with van der Waals surface area (Å²) in [7, 11) is 5.30. The average Bonchev–Trinajstić information content (AvgIpc) is 3.38. The first-order valence-electron chi connectivity index (χ1n) is 10.6. The highest BCUT2D eigenvalue weighted by Gasteiger charge is 2.45. The number of hydrogen-bond donors (Lipinski definition) is 3. The number of fused-ring (bicyclic) bond motifs is 1. The molecule has 1 aliphatic heterocycles. The summed E-state index contributed by atoms with van der Waals surface area (Å²) >= 11 is 0. The second kappa shape index (κ2) is 9.69. The van der Waals surface area contributed by atoms with Gasteiger partial charge in [-0.2, -0.15) is 0 Å². The molecule has 0 saturated carbocycles. The molecule has 3 aromatic rings. The molecule has 0 bridgehead atoms. The van der Waals surface area contributed by atoms with Gasteiger partial charge in [0.25, 0.3) is 0 Å². The summed E-state index contributed by atoms with van der Waals surface area (Å²) in [6, 6.07) is 6.71. The molecule has 3 heterocycles. The zero-order valence-electron chi connectivity index (χ0n) is 18.8. The Morgan fingerprint density at radius 2 is 2.00 bits per heavy atom. The van der Waals surface area contributed by atoms with Crippen molar-refractivity contribution < 1.29 is 24.5 Å². The molecule has 2 aromatic heterocycles. The van der Waals surface area contributed by atoms with Gasteiger partial charge in [-0.3, -0.25) is 9.36 Å². The molecule has 0 aliphatic carbocycles. The van der Waals surface area contributed by atoms with Crippen LogP contribution in [0, 0.1) is 0 Å². The Hall–Kier alpha value is -3.28. The van der Waals surface area contributed by atoms with E-state index in [9.17, 15) is 15.0 Å². The van der Waals surface area contributed by atoms with Crippen LogP contribution in [0.15, 0.2) is 36.9 Å². The smallest absolute Gasteiger partial charge is 0.220 e. The number of ether oxygens (including phenoxy) is 2.